The van der Waals surface area contributed by atoms with Crippen LogP contribution in [0.3, 0.4) is 0 Å². The predicted molar refractivity (Wildman–Crippen MR) is 74.6 cm³/mol. The predicted octanol–water partition coefficient (Wildman–Crippen LogP) is -2.32. The molecule has 0 saturated heterocycles. The second-order valence-corrected chi connectivity index (χ2v) is 5.01. The van der Waals surface area contributed by atoms with Crippen LogP contribution in [-0.4, -0.2) is 69.7 Å². The molecule has 0 heterocycles. The van der Waals surface area contributed by atoms with Gasteiger partial charge in [0.25, 0.3) is 0 Å². The van der Waals surface area contributed by atoms with Gasteiger partial charge in [-0.3, -0.25) is 9.59 Å². The smallest absolute Gasteiger partial charge is 0.320 e. The highest BCUT2D eigenvalue weighted by atomic mass is 16.4. The van der Waals surface area contributed by atoms with Crippen molar-refractivity contribution in [2.45, 2.75) is 50.0 Å². The molecule has 0 aromatic heterocycles. The number of nitrogens with one attached hydrogen (secondary N) is 1. The van der Waals surface area contributed by atoms with Crippen molar-refractivity contribution in [1.29, 1.82) is 0 Å². The molecule has 0 rings (SSSR count). The van der Waals surface area contributed by atoms with Crippen LogP contribution in [0, 0.1) is 0 Å². The zero-order chi connectivity index (χ0) is 16.4. The van der Waals surface area contributed by atoms with Crippen LogP contribution in [0.15, 0.2) is 0 Å². The van der Waals surface area contributed by atoms with Crippen LogP contribution < -0.4 is 16.8 Å². The minimum Gasteiger partial charge on any atom is -0.480 e. The van der Waals surface area contributed by atoms with Crippen LogP contribution in [-0.2, 0) is 9.59 Å². The van der Waals surface area contributed by atoms with Gasteiger partial charge in [-0.25, -0.2) is 0 Å². The Kier molecular flexibility index (Phi) is 9.84. The number of aliphatic hydroxyl groups excluding tert-OH is 2. The van der Waals surface area contributed by atoms with E-state index < -0.39 is 36.2 Å². The van der Waals surface area contributed by atoms with E-state index in [0.717, 1.165) is 0 Å². The fourth-order valence-electron chi connectivity index (χ4n) is 1.61. The maximum atomic E-state index is 10.5. The lowest BCUT2D eigenvalue weighted by atomic mass is 10.1. The molecular weight excluding hydrogens is 282 g/mol. The van der Waals surface area contributed by atoms with Gasteiger partial charge in [0.05, 0.1) is 12.2 Å². The van der Waals surface area contributed by atoms with Crippen LogP contribution in [0.1, 0.15) is 25.7 Å². The summed E-state index contributed by atoms with van der Waals surface area (Å²) in [5.74, 6) is -2.22. The number of aliphatic carboxylic acids is 2. The zero-order valence-corrected chi connectivity index (χ0v) is 11.8. The third-order valence-electron chi connectivity index (χ3n) is 3.02. The second kappa shape index (κ2) is 10.5. The van der Waals surface area contributed by atoms with E-state index in [9.17, 15) is 19.8 Å². The van der Waals surface area contributed by atoms with E-state index in [-0.39, 0.29) is 38.8 Å². The van der Waals surface area contributed by atoms with Crippen molar-refractivity contribution in [3.63, 3.8) is 0 Å². The van der Waals surface area contributed by atoms with Gasteiger partial charge < -0.3 is 37.2 Å². The number of aliphatic hydroxyl groups is 2. The average molecular weight is 307 g/mol. The lowest BCUT2D eigenvalue weighted by Crippen LogP contribution is -2.37. The van der Waals surface area contributed by atoms with Gasteiger partial charge in [0.2, 0.25) is 0 Å². The SMILES string of the molecule is N[C@H](CC[C@@H](O)CNC[C@@H](O)CC[C@H](N)C(=O)O)C(=O)O. The number of hydrogen-bond acceptors (Lipinski definition) is 7. The molecule has 124 valence electrons. The molecule has 0 unspecified atom stereocenters. The average Bonchev–Trinajstić information content (AvgIpc) is 2.41. The molecule has 0 radical (unpaired) electrons. The fraction of sp³-hybridized carbons (Fsp3) is 0.833. The number of carbonyl (C=O) groups is 2. The Morgan fingerprint density at radius 3 is 1.43 bits per heavy atom. The third kappa shape index (κ3) is 10.2. The quantitative estimate of drug-likeness (QED) is 0.208. The topological polar surface area (TPSA) is 179 Å². The number of carboxylic acids is 2. The maximum absolute atomic E-state index is 10.5. The van der Waals surface area contributed by atoms with Crippen LogP contribution in [0.4, 0.5) is 0 Å². The molecule has 0 saturated carbocycles. The summed E-state index contributed by atoms with van der Waals surface area (Å²) in [7, 11) is 0. The Bertz CT molecular complexity index is 298. The zero-order valence-electron chi connectivity index (χ0n) is 11.8. The van der Waals surface area contributed by atoms with Crippen molar-refractivity contribution < 1.29 is 30.0 Å². The summed E-state index contributed by atoms with van der Waals surface area (Å²) in [5, 5.41) is 39.2. The Morgan fingerprint density at radius 1 is 0.810 bits per heavy atom. The number of hydrogen-bond donors (Lipinski definition) is 7. The van der Waals surface area contributed by atoms with E-state index in [1.54, 1.807) is 0 Å². The van der Waals surface area contributed by atoms with E-state index in [2.05, 4.69) is 5.32 Å². The van der Waals surface area contributed by atoms with Crippen LogP contribution in [0.25, 0.3) is 0 Å². The molecule has 4 atom stereocenters. The minimum atomic E-state index is -1.11. The van der Waals surface area contributed by atoms with Crippen molar-refractivity contribution in [3.05, 3.63) is 0 Å². The number of nitrogens with two attached hydrogens (primary N) is 2. The molecule has 0 aliphatic rings. The van der Waals surface area contributed by atoms with E-state index in [1.165, 1.54) is 0 Å². The highest BCUT2D eigenvalue weighted by Crippen LogP contribution is 2.02. The van der Waals surface area contributed by atoms with Crippen molar-refractivity contribution in [1.82, 2.24) is 5.32 Å². The lowest BCUT2D eigenvalue weighted by Gasteiger charge is -2.16. The van der Waals surface area contributed by atoms with Gasteiger partial charge in [-0.05, 0) is 25.7 Å². The first-order valence-corrected chi connectivity index (χ1v) is 6.77. The summed E-state index contributed by atoms with van der Waals surface area (Å²) in [4.78, 5) is 21.0. The van der Waals surface area contributed by atoms with Crippen molar-refractivity contribution in [3.8, 4) is 0 Å². The maximum Gasteiger partial charge on any atom is 0.320 e. The van der Waals surface area contributed by atoms with Gasteiger partial charge in [-0.15, -0.1) is 0 Å². The lowest BCUT2D eigenvalue weighted by molar-refractivity contribution is -0.139. The Labute approximate surface area is 122 Å². The van der Waals surface area contributed by atoms with Gasteiger partial charge in [-0.1, -0.05) is 0 Å². The highest BCUT2D eigenvalue weighted by molar-refractivity contribution is 5.73. The van der Waals surface area contributed by atoms with E-state index in [0.29, 0.717) is 0 Å². The standard InChI is InChI=1S/C12H25N3O6/c13-9(11(18)19)3-1-7(16)5-15-6-8(17)2-4-10(14)12(20)21/h7-10,15-17H,1-6,13-14H2,(H,18,19)(H,20,21)/t7-,8+,9-,10+. The summed E-state index contributed by atoms with van der Waals surface area (Å²) < 4.78 is 0. The minimum absolute atomic E-state index is 0.161. The largest absolute Gasteiger partial charge is 0.480 e. The van der Waals surface area contributed by atoms with Gasteiger partial charge in [0.1, 0.15) is 12.1 Å². The molecule has 0 aromatic carbocycles. The Balaban J connectivity index is 3.68. The molecule has 0 aromatic rings. The molecule has 21 heavy (non-hydrogen) atoms. The van der Waals surface area contributed by atoms with Crippen molar-refractivity contribution in [2.75, 3.05) is 13.1 Å². The number of rotatable bonds is 12. The van der Waals surface area contributed by atoms with Gasteiger partial charge in [-0.2, -0.15) is 0 Å². The molecule has 9 nitrogen and oxygen atoms in total. The molecule has 9 heteroatoms. The molecule has 0 aliphatic carbocycles. The molecule has 9 N–H and O–H groups in total. The molecule has 0 fully saturated rings. The molecule has 0 aliphatic heterocycles. The Hall–Kier alpha value is -1.26. The molecule has 0 spiro atoms. The van der Waals surface area contributed by atoms with E-state index >= 15 is 0 Å². The molecule has 0 bridgehead atoms. The first-order valence-electron chi connectivity index (χ1n) is 6.77. The first kappa shape index (κ1) is 19.7. The van der Waals surface area contributed by atoms with Crippen molar-refractivity contribution in [2.24, 2.45) is 11.5 Å². The monoisotopic (exact) mass is 307 g/mol. The van der Waals surface area contributed by atoms with Gasteiger partial charge in [0, 0.05) is 13.1 Å². The summed E-state index contributed by atoms with van der Waals surface area (Å²) >= 11 is 0. The van der Waals surface area contributed by atoms with Crippen LogP contribution in [0.2, 0.25) is 0 Å². The summed E-state index contributed by atoms with van der Waals surface area (Å²) in [5.41, 5.74) is 10.6. The van der Waals surface area contributed by atoms with Crippen LogP contribution >= 0.6 is 0 Å². The number of carboxylic acid groups (broad SMARTS) is 2. The van der Waals surface area contributed by atoms with Gasteiger partial charge in [0.15, 0.2) is 0 Å². The second-order valence-electron chi connectivity index (χ2n) is 5.01. The molecular formula is C12H25N3O6. The summed E-state index contributed by atoms with van der Waals surface area (Å²) in [6.45, 7) is 0.378. The van der Waals surface area contributed by atoms with Gasteiger partial charge >= 0.3 is 11.9 Å². The van der Waals surface area contributed by atoms with E-state index in [1.807, 2.05) is 0 Å². The van der Waals surface area contributed by atoms with Crippen molar-refractivity contribution >= 4 is 11.9 Å². The van der Waals surface area contributed by atoms with Crippen LogP contribution in [0.5, 0.6) is 0 Å². The van der Waals surface area contributed by atoms with E-state index in [4.69, 9.17) is 21.7 Å². The third-order valence-corrected chi connectivity index (χ3v) is 3.02. The summed E-state index contributed by atoms with van der Waals surface area (Å²) in [6.07, 6.45) is -0.726. The highest BCUT2D eigenvalue weighted by Gasteiger charge is 2.15. The Morgan fingerprint density at radius 2 is 1.14 bits per heavy atom. The summed E-state index contributed by atoms with van der Waals surface area (Å²) in [6, 6.07) is -1.99. The fourth-order valence-corrected chi connectivity index (χ4v) is 1.61. The molecule has 0 amide bonds. The normalized spacial score (nSPS) is 17.0. The first-order chi connectivity index (χ1) is 9.73.